The molecule has 3 aromatic rings. The van der Waals surface area contributed by atoms with Crippen LogP contribution < -0.4 is 16.0 Å². The highest BCUT2D eigenvalue weighted by molar-refractivity contribution is 5.93. The van der Waals surface area contributed by atoms with Crippen LogP contribution in [0.3, 0.4) is 0 Å². The van der Waals surface area contributed by atoms with Crippen molar-refractivity contribution in [2.24, 2.45) is 13.0 Å². The Bertz CT molecular complexity index is 1410. The third-order valence-electron chi connectivity index (χ3n) is 8.28. The summed E-state index contributed by atoms with van der Waals surface area (Å²) in [7, 11) is 1.98. The van der Waals surface area contributed by atoms with Crippen molar-refractivity contribution in [2.45, 2.75) is 77.8 Å². The third-order valence-corrected chi connectivity index (χ3v) is 8.28. The number of carbonyl (C=O) groups is 3. The zero-order valence-corrected chi connectivity index (χ0v) is 24.3. The summed E-state index contributed by atoms with van der Waals surface area (Å²) < 4.78 is 3.83. The largest absolute Gasteiger partial charge is 0.349 e. The number of hydrogen-bond acceptors (Lipinski definition) is 7. The van der Waals surface area contributed by atoms with Gasteiger partial charge in [0.2, 0.25) is 17.7 Å². The highest BCUT2D eigenvalue weighted by Crippen LogP contribution is 2.29. The van der Waals surface area contributed by atoms with E-state index in [0.29, 0.717) is 31.6 Å². The molecule has 4 bridgehead atoms. The lowest BCUT2D eigenvalue weighted by Crippen LogP contribution is -2.58. The van der Waals surface area contributed by atoms with Crippen LogP contribution in [0.4, 0.5) is 0 Å². The van der Waals surface area contributed by atoms with Crippen LogP contribution >= 0.6 is 0 Å². The van der Waals surface area contributed by atoms with Gasteiger partial charge in [0.15, 0.2) is 0 Å². The molecule has 2 aliphatic rings. The van der Waals surface area contributed by atoms with Gasteiger partial charge in [-0.1, -0.05) is 49.4 Å². The zero-order valence-electron chi connectivity index (χ0n) is 24.3. The van der Waals surface area contributed by atoms with Gasteiger partial charge in [0.1, 0.15) is 23.6 Å². The van der Waals surface area contributed by atoms with Crippen LogP contribution in [-0.4, -0.2) is 71.8 Å². The fourth-order valence-corrected chi connectivity index (χ4v) is 5.61. The number of benzene rings is 1. The molecular weight excluding hydrogens is 522 g/mol. The molecule has 2 aliphatic heterocycles. The van der Waals surface area contributed by atoms with Gasteiger partial charge in [0.25, 0.3) is 0 Å². The zero-order chi connectivity index (χ0) is 29.3. The Balaban J connectivity index is 1.45. The molecule has 1 fully saturated rings. The second-order valence-electron chi connectivity index (χ2n) is 11.5. The number of amides is 3. The smallest absolute Gasteiger partial charge is 0.243 e. The van der Waals surface area contributed by atoms with Gasteiger partial charge in [-0.05, 0) is 31.7 Å². The van der Waals surface area contributed by atoms with E-state index in [2.05, 4.69) is 35.7 Å². The molecule has 0 spiro atoms. The molecule has 1 saturated heterocycles. The molecule has 2 aromatic heterocycles. The lowest BCUT2D eigenvalue weighted by atomic mass is 10.00. The summed E-state index contributed by atoms with van der Waals surface area (Å²) in [4.78, 5) is 47.5. The van der Waals surface area contributed by atoms with E-state index in [9.17, 15) is 14.4 Å². The number of rotatable bonds is 5. The number of carbonyl (C=O) groups excluding carboxylic acids is 3. The van der Waals surface area contributed by atoms with Gasteiger partial charge in [0, 0.05) is 25.7 Å². The third kappa shape index (κ3) is 6.17. The monoisotopic (exact) mass is 561 g/mol. The SMILES string of the molecule is Cc1nc(CN2C[C@@H]3C[C@H]2C(=O)N[C@@H](C(C)C)C(=O)N[C@H](Cc2ccccc2)C(=O)NCc2cn3nn2)n(C)c1C. The van der Waals surface area contributed by atoms with Crippen molar-refractivity contribution in [3.8, 4) is 0 Å². The van der Waals surface area contributed by atoms with Gasteiger partial charge in [-0.25, -0.2) is 9.67 Å². The Morgan fingerprint density at radius 3 is 2.46 bits per heavy atom. The Morgan fingerprint density at radius 1 is 1.02 bits per heavy atom. The van der Waals surface area contributed by atoms with Gasteiger partial charge in [-0.15, -0.1) is 5.10 Å². The first kappa shape index (κ1) is 28.5. The molecule has 5 rings (SSSR count). The molecule has 3 N–H and O–H groups in total. The van der Waals surface area contributed by atoms with Gasteiger partial charge in [-0.3, -0.25) is 19.3 Å². The van der Waals surface area contributed by atoms with Gasteiger partial charge >= 0.3 is 0 Å². The van der Waals surface area contributed by atoms with E-state index >= 15 is 0 Å². The lowest BCUT2D eigenvalue weighted by Gasteiger charge is -2.28. The average molecular weight is 562 g/mol. The van der Waals surface area contributed by atoms with Crippen molar-refractivity contribution in [1.82, 2.24) is 45.4 Å². The maximum atomic E-state index is 13.8. The first-order valence-electron chi connectivity index (χ1n) is 14.2. The second-order valence-corrected chi connectivity index (χ2v) is 11.5. The van der Waals surface area contributed by atoms with Crippen LogP contribution in [-0.2, 0) is 40.9 Å². The van der Waals surface area contributed by atoms with Crippen molar-refractivity contribution in [2.75, 3.05) is 6.54 Å². The molecule has 0 unspecified atom stereocenters. The van der Waals surface area contributed by atoms with E-state index in [1.165, 1.54) is 0 Å². The fraction of sp³-hybridized carbons (Fsp3) is 0.517. The van der Waals surface area contributed by atoms with Crippen molar-refractivity contribution < 1.29 is 14.4 Å². The van der Waals surface area contributed by atoms with Crippen molar-refractivity contribution >= 4 is 17.7 Å². The van der Waals surface area contributed by atoms with Crippen molar-refractivity contribution in [1.29, 1.82) is 0 Å². The number of aryl methyl sites for hydroxylation is 1. The molecule has 0 saturated carbocycles. The number of aromatic nitrogens is 5. The van der Waals surface area contributed by atoms with E-state index in [1.54, 1.807) is 4.68 Å². The van der Waals surface area contributed by atoms with Crippen molar-refractivity contribution in [3.05, 3.63) is 65.0 Å². The fourth-order valence-electron chi connectivity index (χ4n) is 5.61. The van der Waals surface area contributed by atoms with Gasteiger partial charge in [0.05, 0.1) is 37.1 Å². The highest BCUT2D eigenvalue weighted by atomic mass is 16.2. The Hall–Kier alpha value is -4.06. The van der Waals surface area contributed by atoms with Crippen LogP contribution in [0.5, 0.6) is 0 Å². The quantitative estimate of drug-likeness (QED) is 0.421. The minimum absolute atomic E-state index is 0.104. The van der Waals surface area contributed by atoms with Gasteiger partial charge < -0.3 is 20.5 Å². The van der Waals surface area contributed by atoms with E-state index in [1.807, 2.05) is 71.3 Å². The topological polar surface area (TPSA) is 139 Å². The number of likely N-dealkylation sites (tertiary alicyclic amines) is 1. The molecule has 12 nitrogen and oxygen atoms in total. The Kier molecular flexibility index (Phi) is 8.20. The summed E-state index contributed by atoms with van der Waals surface area (Å²) in [5, 5.41) is 17.4. The number of imidazole rings is 1. The lowest BCUT2D eigenvalue weighted by molar-refractivity contribution is -0.134. The summed E-state index contributed by atoms with van der Waals surface area (Å²) in [6.07, 6.45) is 2.64. The molecule has 3 amide bonds. The maximum Gasteiger partial charge on any atom is 0.243 e. The number of hydrogen-bond donors (Lipinski definition) is 3. The molecule has 41 heavy (non-hydrogen) atoms. The van der Waals surface area contributed by atoms with E-state index < -0.39 is 18.1 Å². The summed E-state index contributed by atoms with van der Waals surface area (Å²) >= 11 is 0. The Labute approximate surface area is 239 Å². The molecule has 1 aromatic carbocycles. The van der Waals surface area contributed by atoms with Crippen LogP contribution in [0.25, 0.3) is 0 Å². The standard InChI is InChI=1S/C29H39N9O3/c1-17(2)26-29(41)32-23(11-20-9-7-6-8-10-20)27(39)30-13-21-14-38(35-34-21)22-12-24(28(40)33-26)37(15-22)16-25-31-18(3)19(4)36(25)5/h6-10,14,17,22-24,26H,11-13,15-16H2,1-5H3,(H,30,39)(H,32,41)(H,33,40)/t22-,23+,24-,26-/m0/s1. The molecule has 0 radical (unpaired) electrons. The molecule has 12 heteroatoms. The number of nitrogens with zero attached hydrogens (tertiary/aromatic N) is 6. The maximum absolute atomic E-state index is 13.8. The first-order chi connectivity index (χ1) is 19.6. The van der Waals surface area contributed by atoms with Gasteiger partial charge in [-0.2, -0.15) is 0 Å². The normalized spacial score (nSPS) is 24.0. The van der Waals surface area contributed by atoms with E-state index in [0.717, 1.165) is 22.8 Å². The first-order valence-corrected chi connectivity index (χ1v) is 14.2. The molecule has 0 aliphatic carbocycles. The van der Waals surface area contributed by atoms with E-state index in [4.69, 9.17) is 4.98 Å². The summed E-state index contributed by atoms with van der Waals surface area (Å²) in [6.45, 7) is 9.00. The predicted octanol–water partition coefficient (Wildman–Crippen LogP) is 0.942. The van der Waals surface area contributed by atoms with Crippen LogP contribution in [0.15, 0.2) is 36.5 Å². The number of fused-ring (bicyclic) bond motifs is 5. The highest BCUT2D eigenvalue weighted by Gasteiger charge is 2.41. The van der Waals surface area contributed by atoms with Crippen molar-refractivity contribution in [3.63, 3.8) is 0 Å². The minimum Gasteiger partial charge on any atom is -0.349 e. The Morgan fingerprint density at radius 2 is 1.78 bits per heavy atom. The van der Waals surface area contributed by atoms with E-state index in [-0.39, 0.29) is 36.2 Å². The average Bonchev–Trinajstić information content (AvgIpc) is 3.65. The van der Waals surface area contributed by atoms with Crippen LogP contribution in [0, 0.1) is 19.8 Å². The molecule has 4 heterocycles. The summed E-state index contributed by atoms with van der Waals surface area (Å²) in [6, 6.07) is 7.28. The number of nitrogens with one attached hydrogen (secondary N) is 3. The molecule has 218 valence electrons. The van der Waals surface area contributed by atoms with Crippen LogP contribution in [0.2, 0.25) is 0 Å². The van der Waals surface area contributed by atoms with Crippen LogP contribution in [0.1, 0.15) is 54.8 Å². The molecular formula is C29H39N9O3. The minimum atomic E-state index is -0.828. The summed E-state index contributed by atoms with van der Waals surface area (Å²) in [5.74, 6) is -0.272. The summed E-state index contributed by atoms with van der Waals surface area (Å²) in [5.41, 5.74) is 3.55. The second kappa shape index (κ2) is 11.8. The molecule has 4 atom stereocenters. The predicted molar refractivity (Wildman–Crippen MR) is 151 cm³/mol.